The van der Waals surface area contributed by atoms with Crippen LogP contribution < -0.4 is 5.73 Å². The molecule has 1 rings (SSSR count). The van der Waals surface area contributed by atoms with Crippen molar-refractivity contribution < 1.29 is 4.74 Å². The van der Waals surface area contributed by atoms with Crippen LogP contribution in [0.5, 0.6) is 0 Å². The van der Waals surface area contributed by atoms with Gasteiger partial charge in [0.15, 0.2) is 0 Å². The van der Waals surface area contributed by atoms with E-state index in [-0.39, 0.29) is 0 Å². The third-order valence-corrected chi connectivity index (χ3v) is 2.01. The lowest BCUT2D eigenvalue weighted by Gasteiger charge is -2.05. The Hall–Kier alpha value is -0.870. The van der Waals surface area contributed by atoms with Crippen molar-refractivity contribution in [2.75, 3.05) is 13.7 Å². The summed E-state index contributed by atoms with van der Waals surface area (Å²) < 4.78 is 7.06. The molecule has 0 spiro atoms. The average molecular weight is 183 g/mol. The Morgan fingerprint density at radius 2 is 2.38 bits per heavy atom. The molecule has 0 aromatic carbocycles. The highest BCUT2D eigenvalue weighted by Crippen LogP contribution is 2.01. The minimum atomic E-state index is 0.560. The number of hydrogen-bond acceptors (Lipinski definition) is 3. The Balaban J connectivity index is 2.27. The molecule has 0 aliphatic carbocycles. The molecule has 4 heteroatoms. The molecule has 0 aliphatic heterocycles. The number of methoxy groups -OCH3 is 1. The van der Waals surface area contributed by atoms with Crippen LogP contribution in [0.2, 0.25) is 0 Å². The Labute approximate surface area is 78.7 Å². The van der Waals surface area contributed by atoms with E-state index >= 15 is 0 Å². The van der Waals surface area contributed by atoms with Crippen LogP contribution >= 0.6 is 0 Å². The molecule has 74 valence electrons. The standard InChI is InChI=1S/C9H17N3O/c1-13-5-3-2-4-12-8-11-7-9(12)6-10/h7-8H,2-6,10H2,1H3. The van der Waals surface area contributed by atoms with Gasteiger partial charge in [0.05, 0.1) is 12.0 Å². The lowest BCUT2D eigenvalue weighted by Crippen LogP contribution is -2.07. The fourth-order valence-electron chi connectivity index (χ4n) is 1.25. The summed E-state index contributed by atoms with van der Waals surface area (Å²) in [6.45, 7) is 2.37. The van der Waals surface area contributed by atoms with Crippen molar-refractivity contribution >= 4 is 0 Å². The number of aryl methyl sites for hydroxylation is 1. The summed E-state index contributed by atoms with van der Waals surface area (Å²) in [5.74, 6) is 0. The van der Waals surface area contributed by atoms with Gasteiger partial charge in [-0.2, -0.15) is 0 Å². The van der Waals surface area contributed by atoms with E-state index in [1.165, 1.54) is 0 Å². The molecular weight excluding hydrogens is 166 g/mol. The third kappa shape index (κ3) is 3.16. The molecule has 4 nitrogen and oxygen atoms in total. The van der Waals surface area contributed by atoms with Crippen LogP contribution in [0.3, 0.4) is 0 Å². The maximum atomic E-state index is 5.54. The molecule has 0 unspecified atom stereocenters. The Morgan fingerprint density at radius 3 is 3.08 bits per heavy atom. The molecule has 0 fully saturated rings. The second-order valence-corrected chi connectivity index (χ2v) is 2.98. The lowest BCUT2D eigenvalue weighted by atomic mass is 10.3. The second-order valence-electron chi connectivity index (χ2n) is 2.98. The van der Waals surface area contributed by atoms with Gasteiger partial charge in [0.25, 0.3) is 0 Å². The SMILES string of the molecule is COCCCCn1cncc1CN. The molecule has 0 atom stereocenters. The van der Waals surface area contributed by atoms with Crippen molar-refractivity contribution in [2.24, 2.45) is 5.73 Å². The highest BCUT2D eigenvalue weighted by molar-refractivity contribution is 4.96. The highest BCUT2D eigenvalue weighted by Gasteiger charge is 1.98. The summed E-state index contributed by atoms with van der Waals surface area (Å²) in [7, 11) is 1.72. The molecular formula is C9H17N3O. The normalized spacial score (nSPS) is 10.6. The summed E-state index contributed by atoms with van der Waals surface area (Å²) in [6.07, 6.45) is 5.83. The first-order chi connectivity index (χ1) is 6.38. The summed E-state index contributed by atoms with van der Waals surface area (Å²) in [5.41, 5.74) is 6.63. The van der Waals surface area contributed by atoms with Gasteiger partial charge in [0, 0.05) is 33.0 Å². The van der Waals surface area contributed by atoms with E-state index in [2.05, 4.69) is 9.55 Å². The Kier molecular flexibility index (Phi) is 4.49. The monoisotopic (exact) mass is 183 g/mol. The van der Waals surface area contributed by atoms with E-state index in [1.54, 1.807) is 7.11 Å². The molecule has 0 aliphatic rings. The molecule has 1 heterocycles. The van der Waals surface area contributed by atoms with E-state index in [0.717, 1.165) is 31.7 Å². The van der Waals surface area contributed by atoms with Gasteiger partial charge in [0.1, 0.15) is 0 Å². The highest BCUT2D eigenvalue weighted by atomic mass is 16.5. The minimum absolute atomic E-state index is 0.560. The molecule has 1 aromatic heterocycles. The first kappa shape index (κ1) is 10.2. The van der Waals surface area contributed by atoms with Gasteiger partial charge in [0.2, 0.25) is 0 Å². The molecule has 2 N–H and O–H groups in total. The van der Waals surface area contributed by atoms with Gasteiger partial charge in [-0.1, -0.05) is 0 Å². The molecule has 0 saturated carbocycles. The molecule has 13 heavy (non-hydrogen) atoms. The van der Waals surface area contributed by atoms with E-state index in [0.29, 0.717) is 6.54 Å². The molecule has 0 amide bonds. The predicted molar refractivity (Wildman–Crippen MR) is 51.2 cm³/mol. The molecule has 1 aromatic rings. The van der Waals surface area contributed by atoms with Gasteiger partial charge < -0.3 is 15.0 Å². The zero-order valence-electron chi connectivity index (χ0n) is 8.07. The number of rotatable bonds is 6. The lowest BCUT2D eigenvalue weighted by molar-refractivity contribution is 0.191. The van der Waals surface area contributed by atoms with Crippen LogP contribution in [0.1, 0.15) is 18.5 Å². The van der Waals surface area contributed by atoms with Crippen LogP contribution in [0, 0.1) is 0 Å². The topological polar surface area (TPSA) is 53.1 Å². The van der Waals surface area contributed by atoms with Crippen molar-refractivity contribution in [3.63, 3.8) is 0 Å². The van der Waals surface area contributed by atoms with Crippen molar-refractivity contribution in [1.82, 2.24) is 9.55 Å². The second kappa shape index (κ2) is 5.72. The van der Waals surface area contributed by atoms with Crippen LogP contribution in [0.4, 0.5) is 0 Å². The van der Waals surface area contributed by atoms with E-state index in [9.17, 15) is 0 Å². The Bertz CT molecular complexity index is 235. The third-order valence-electron chi connectivity index (χ3n) is 2.01. The Morgan fingerprint density at radius 1 is 1.54 bits per heavy atom. The van der Waals surface area contributed by atoms with E-state index < -0.39 is 0 Å². The number of nitrogens with two attached hydrogens (primary N) is 1. The van der Waals surface area contributed by atoms with Crippen LogP contribution in [0.15, 0.2) is 12.5 Å². The quantitative estimate of drug-likeness (QED) is 0.663. The number of hydrogen-bond donors (Lipinski definition) is 1. The van der Waals surface area contributed by atoms with Crippen LogP contribution in [0.25, 0.3) is 0 Å². The van der Waals surface area contributed by atoms with E-state index in [1.807, 2.05) is 12.5 Å². The first-order valence-corrected chi connectivity index (χ1v) is 4.56. The molecule has 0 bridgehead atoms. The van der Waals surface area contributed by atoms with Gasteiger partial charge in [-0.05, 0) is 12.8 Å². The molecule has 0 radical (unpaired) electrons. The maximum Gasteiger partial charge on any atom is 0.0948 e. The number of ether oxygens (including phenoxy) is 1. The van der Waals surface area contributed by atoms with Gasteiger partial charge in [-0.3, -0.25) is 0 Å². The van der Waals surface area contributed by atoms with Crippen LogP contribution in [-0.4, -0.2) is 23.3 Å². The largest absolute Gasteiger partial charge is 0.385 e. The van der Waals surface area contributed by atoms with E-state index in [4.69, 9.17) is 10.5 Å². The zero-order chi connectivity index (χ0) is 9.52. The fraction of sp³-hybridized carbons (Fsp3) is 0.667. The van der Waals surface area contributed by atoms with Crippen molar-refractivity contribution in [3.05, 3.63) is 18.2 Å². The fourth-order valence-corrected chi connectivity index (χ4v) is 1.25. The smallest absolute Gasteiger partial charge is 0.0948 e. The number of imidazole rings is 1. The van der Waals surface area contributed by atoms with Gasteiger partial charge >= 0.3 is 0 Å². The number of unbranched alkanes of at least 4 members (excludes halogenated alkanes) is 1. The molecule has 0 saturated heterocycles. The van der Waals surface area contributed by atoms with Gasteiger partial charge in [-0.25, -0.2) is 4.98 Å². The number of nitrogens with zero attached hydrogens (tertiary/aromatic N) is 2. The van der Waals surface area contributed by atoms with Crippen molar-refractivity contribution in [3.8, 4) is 0 Å². The zero-order valence-corrected chi connectivity index (χ0v) is 8.07. The predicted octanol–water partition coefficient (Wildman–Crippen LogP) is 0.768. The first-order valence-electron chi connectivity index (χ1n) is 4.56. The minimum Gasteiger partial charge on any atom is -0.385 e. The van der Waals surface area contributed by atoms with Crippen molar-refractivity contribution in [2.45, 2.75) is 25.9 Å². The number of aromatic nitrogens is 2. The summed E-state index contributed by atoms with van der Waals surface area (Å²) in [4.78, 5) is 4.04. The summed E-state index contributed by atoms with van der Waals surface area (Å²) >= 11 is 0. The summed E-state index contributed by atoms with van der Waals surface area (Å²) in [5, 5.41) is 0. The average Bonchev–Trinajstić information content (AvgIpc) is 2.60. The van der Waals surface area contributed by atoms with Crippen molar-refractivity contribution in [1.29, 1.82) is 0 Å². The van der Waals surface area contributed by atoms with Gasteiger partial charge in [-0.15, -0.1) is 0 Å². The maximum absolute atomic E-state index is 5.54. The van der Waals surface area contributed by atoms with Crippen LogP contribution in [-0.2, 0) is 17.8 Å². The summed E-state index contributed by atoms with van der Waals surface area (Å²) in [6, 6.07) is 0.